The van der Waals surface area contributed by atoms with Gasteiger partial charge in [0.1, 0.15) is 6.54 Å². The van der Waals surface area contributed by atoms with Gasteiger partial charge in [-0.2, -0.15) is 0 Å². The Labute approximate surface area is 128 Å². The molecule has 1 aromatic heterocycles. The SMILES string of the molecule is O=C(Cn1ccccc1=O)N1CCC[C@@H](N2CCNC2=O)C1. The zero-order valence-corrected chi connectivity index (χ0v) is 12.4. The number of urea groups is 1. The van der Waals surface area contributed by atoms with Crippen molar-refractivity contribution in [3.63, 3.8) is 0 Å². The van der Waals surface area contributed by atoms with Crippen molar-refractivity contribution in [2.75, 3.05) is 26.2 Å². The van der Waals surface area contributed by atoms with Crippen LogP contribution in [0.4, 0.5) is 4.79 Å². The fraction of sp³-hybridized carbons (Fsp3) is 0.533. The van der Waals surface area contributed by atoms with Gasteiger partial charge in [0.25, 0.3) is 5.56 Å². The minimum Gasteiger partial charge on any atom is -0.339 e. The molecular weight excluding hydrogens is 284 g/mol. The number of pyridine rings is 1. The van der Waals surface area contributed by atoms with Gasteiger partial charge in [0.15, 0.2) is 0 Å². The van der Waals surface area contributed by atoms with E-state index in [4.69, 9.17) is 0 Å². The molecule has 0 aliphatic carbocycles. The van der Waals surface area contributed by atoms with Crippen LogP contribution >= 0.6 is 0 Å². The molecule has 7 heteroatoms. The van der Waals surface area contributed by atoms with E-state index in [1.54, 1.807) is 23.2 Å². The second-order valence-corrected chi connectivity index (χ2v) is 5.73. The van der Waals surface area contributed by atoms with Crippen LogP contribution in [-0.2, 0) is 11.3 Å². The molecule has 2 fully saturated rings. The highest BCUT2D eigenvalue weighted by Gasteiger charge is 2.32. The Bertz CT molecular complexity index is 627. The molecule has 0 radical (unpaired) electrons. The molecule has 2 aliphatic rings. The molecule has 0 bridgehead atoms. The van der Waals surface area contributed by atoms with E-state index in [1.807, 2.05) is 4.90 Å². The molecular formula is C15H20N4O3. The smallest absolute Gasteiger partial charge is 0.317 e. The molecule has 0 unspecified atom stereocenters. The van der Waals surface area contributed by atoms with E-state index in [2.05, 4.69) is 5.32 Å². The second kappa shape index (κ2) is 6.21. The first-order valence-corrected chi connectivity index (χ1v) is 7.63. The van der Waals surface area contributed by atoms with E-state index in [0.717, 1.165) is 12.8 Å². The summed E-state index contributed by atoms with van der Waals surface area (Å²) in [6.07, 6.45) is 3.42. The van der Waals surface area contributed by atoms with E-state index in [9.17, 15) is 14.4 Å². The van der Waals surface area contributed by atoms with E-state index in [1.165, 1.54) is 10.6 Å². The first-order valence-electron chi connectivity index (χ1n) is 7.63. The second-order valence-electron chi connectivity index (χ2n) is 5.73. The van der Waals surface area contributed by atoms with Crippen molar-refractivity contribution in [2.45, 2.75) is 25.4 Å². The van der Waals surface area contributed by atoms with E-state index in [0.29, 0.717) is 26.2 Å². The van der Waals surface area contributed by atoms with E-state index >= 15 is 0 Å². The predicted molar refractivity (Wildman–Crippen MR) is 80.4 cm³/mol. The van der Waals surface area contributed by atoms with Crippen molar-refractivity contribution in [1.29, 1.82) is 0 Å². The maximum absolute atomic E-state index is 12.4. The molecule has 1 aromatic rings. The third-order valence-corrected chi connectivity index (χ3v) is 4.28. The van der Waals surface area contributed by atoms with Gasteiger partial charge in [-0.25, -0.2) is 4.79 Å². The summed E-state index contributed by atoms with van der Waals surface area (Å²) in [5.41, 5.74) is -0.177. The highest BCUT2D eigenvalue weighted by molar-refractivity contribution is 5.78. The van der Waals surface area contributed by atoms with Crippen molar-refractivity contribution < 1.29 is 9.59 Å². The van der Waals surface area contributed by atoms with Crippen LogP contribution in [0.5, 0.6) is 0 Å². The van der Waals surface area contributed by atoms with Crippen molar-refractivity contribution in [2.24, 2.45) is 0 Å². The Morgan fingerprint density at radius 3 is 2.86 bits per heavy atom. The summed E-state index contributed by atoms with van der Waals surface area (Å²) in [4.78, 5) is 39.4. The Morgan fingerprint density at radius 2 is 2.14 bits per heavy atom. The number of nitrogens with one attached hydrogen (secondary N) is 1. The lowest BCUT2D eigenvalue weighted by Crippen LogP contribution is -2.51. The molecule has 22 heavy (non-hydrogen) atoms. The van der Waals surface area contributed by atoms with Crippen molar-refractivity contribution >= 4 is 11.9 Å². The van der Waals surface area contributed by atoms with Crippen LogP contribution in [-0.4, -0.2) is 58.5 Å². The van der Waals surface area contributed by atoms with E-state index in [-0.39, 0.29) is 30.1 Å². The number of piperidine rings is 1. The lowest BCUT2D eigenvalue weighted by molar-refractivity contribution is -0.133. The van der Waals surface area contributed by atoms with Crippen LogP contribution in [0.25, 0.3) is 0 Å². The average molecular weight is 304 g/mol. The van der Waals surface area contributed by atoms with Crippen LogP contribution in [0.1, 0.15) is 12.8 Å². The van der Waals surface area contributed by atoms with Gasteiger partial charge in [0, 0.05) is 38.4 Å². The minimum absolute atomic E-state index is 0.0430. The summed E-state index contributed by atoms with van der Waals surface area (Å²) < 4.78 is 1.41. The number of amides is 3. The van der Waals surface area contributed by atoms with Gasteiger partial charge in [-0.05, 0) is 18.9 Å². The number of carbonyl (C=O) groups is 2. The fourth-order valence-electron chi connectivity index (χ4n) is 3.11. The number of aromatic nitrogens is 1. The standard InChI is InChI=1S/C15H20N4O3/c20-13-5-1-2-7-18(13)11-14(21)17-8-3-4-12(10-17)19-9-6-16-15(19)22/h1-2,5,7,12H,3-4,6,8-11H2,(H,16,22)/t12-/m1/s1. The van der Waals surface area contributed by atoms with Crippen molar-refractivity contribution in [1.82, 2.24) is 19.7 Å². The van der Waals surface area contributed by atoms with Crippen LogP contribution in [0.15, 0.2) is 29.2 Å². The quantitative estimate of drug-likeness (QED) is 0.845. The topological polar surface area (TPSA) is 74.7 Å². The van der Waals surface area contributed by atoms with Crippen molar-refractivity contribution in [3.05, 3.63) is 34.7 Å². The fourth-order valence-corrected chi connectivity index (χ4v) is 3.11. The van der Waals surface area contributed by atoms with Crippen LogP contribution < -0.4 is 10.9 Å². The van der Waals surface area contributed by atoms with Gasteiger partial charge < -0.3 is 19.7 Å². The highest BCUT2D eigenvalue weighted by atomic mass is 16.2. The maximum atomic E-state index is 12.4. The Morgan fingerprint density at radius 1 is 1.27 bits per heavy atom. The average Bonchev–Trinajstić information content (AvgIpc) is 2.96. The largest absolute Gasteiger partial charge is 0.339 e. The zero-order chi connectivity index (χ0) is 15.5. The zero-order valence-electron chi connectivity index (χ0n) is 12.4. The normalized spacial score (nSPS) is 21.8. The molecule has 118 valence electrons. The number of likely N-dealkylation sites (tertiary alicyclic amines) is 1. The number of carbonyl (C=O) groups excluding carboxylic acids is 2. The van der Waals surface area contributed by atoms with Gasteiger partial charge >= 0.3 is 6.03 Å². The van der Waals surface area contributed by atoms with Gasteiger partial charge in [0.2, 0.25) is 5.91 Å². The molecule has 1 N–H and O–H groups in total. The molecule has 3 heterocycles. The van der Waals surface area contributed by atoms with Gasteiger partial charge in [-0.1, -0.05) is 6.07 Å². The summed E-state index contributed by atoms with van der Waals surface area (Å²) in [6.45, 7) is 2.66. The molecule has 3 amide bonds. The third kappa shape index (κ3) is 2.98. The van der Waals surface area contributed by atoms with Crippen LogP contribution in [0, 0.1) is 0 Å². The molecule has 2 aliphatic heterocycles. The van der Waals surface area contributed by atoms with E-state index < -0.39 is 0 Å². The van der Waals surface area contributed by atoms with Gasteiger partial charge in [-0.3, -0.25) is 9.59 Å². The first kappa shape index (κ1) is 14.6. The van der Waals surface area contributed by atoms with Gasteiger partial charge in [-0.15, -0.1) is 0 Å². The number of nitrogens with zero attached hydrogens (tertiary/aromatic N) is 3. The summed E-state index contributed by atoms with van der Waals surface area (Å²) in [6, 6.07) is 4.88. The van der Waals surface area contributed by atoms with Crippen molar-refractivity contribution in [3.8, 4) is 0 Å². The lowest BCUT2D eigenvalue weighted by atomic mass is 10.0. The molecule has 2 saturated heterocycles. The molecule has 7 nitrogen and oxygen atoms in total. The molecule has 3 rings (SSSR count). The highest BCUT2D eigenvalue weighted by Crippen LogP contribution is 2.18. The Hall–Kier alpha value is -2.31. The Balaban J connectivity index is 1.64. The monoisotopic (exact) mass is 304 g/mol. The first-order chi connectivity index (χ1) is 10.6. The summed E-state index contributed by atoms with van der Waals surface area (Å²) >= 11 is 0. The molecule has 0 aromatic carbocycles. The van der Waals surface area contributed by atoms with Crippen LogP contribution in [0.2, 0.25) is 0 Å². The minimum atomic E-state index is -0.177. The number of hydrogen-bond donors (Lipinski definition) is 1. The van der Waals surface area contributed by atoms with Gasteiger partial charge in [0.05, 0.1) is 6.04 Å². The molecule has 1 atom stereocenters. The predicted octanol–water partition coefficient (Wildman–Crippen LogP) is -0.135. The number of hydrogen-bond acceptors (Lipinski definition) is 3. The lowest BCUT2D eigenvalue weighted by Gasteiger charge is -2.37. The maximum Gasteiger partial charge on any atom is 0.317 e. The summed E-state index contributed by atoms with van der Waals surface area (Å²) in [5.74, 6) is -0.0717. The number of rotatable bonds is 3. The molecule has 0 spiro atoms. The summed E-state index contributed by atoms with van der Waals surface area (Å²) in [7, 11) is 0. The molecule has 0 saturated carbocycles. The Kier molecular flexibility index (Phi) is 4.13. The summed E-state index contributed by atoms with van der Waals surface area (Å²) in [5, 5.41) is 2.80. The third-order valence-electron chi connectivity index (χ3n) is 4.28. The van der Waals surface area contributed by atoms with Crippen LogP contribution in [0.3, 0.4) is 0 Å².